The standard InChI is InChI=1S/C9H18N2/c10-4-8-2-6-1-7(8)3-9(6)5-11/h6-9H,1-5,10-11H2. The molecule has 64 valence electrons. The third-order valence-corrected chi connectivity index (χ3v) is 3.76. The minimum absolute atomic E-state index is 0.836. The highest BCUT2D eigenvalue weighted by Gasteiger charge is 2.44. The van der Waals surface area contributed by atoms with E-state index in [9.17, 15) is 0 Å². The molecule has 2 fully saturated rings. The first kappa shape index (κ1) is 7.56. The third kappa shape index (κ3) is 1.09. The number of nitrogens with two attached hydrogens (primary N) is 2. The van der Waals surface area contributed by atoms with Gasteiger partial charge in [-0.05, 0) is 56.0 Å². The van der Waals surface area contributed by atoms with Gasteiger partial charge in [-0.15, -0.1) is 0 Å². The Bertz CT molecular complexity index is 130. The fraction of sp³-hybridized carbons (Fsp3) is 1.00. The first-order chi connectivity index (χ1) is 5.35. The molecule has 0 aromatic heterocycles. The maximum atomic E-state index is 5.68. The zero-order valence-corrected chi connectivity index (χ0v) is 7.00. The van der Waals surface area contributed by atoms with Crippen LogP contribution in [0.4, 0.5) is 0 Å². The fourth-order valence-electron chi connectivity index (χ4n) is 3.09. The van der Waals surface area contributed by atoms with Crippen LogP contribution < -0.4 is 11.5 Å². The van der Waals surface area contributed by atoms with Crippen molar-refractivity contribution in [3.8, 4) is 0 Å². The van der Waals surface area contributed by atoms with E-state index in [0.29, 0.717) is 0 Å². The molecule has 0 spiro atoms. The van der Waals surface area contributed by atoms with E-state index in [-0.39, 0.29) is 0 Å². The van der Waals surface area contributed by atoms with Gasteiger partial charge in [-0.3, -0.25) is 0 Å². The molecule has 2 aliphatic carbocycles. The molecule has 2 bridgehead atoms. The van der Waals surface area contributed by atoms with E-state index in [2.05, 4.69) is 0 Å². The van der Waals surface area contributed by atoms with Crippen molar-refractivity contribution in [2.24, 2.45) is 35.1 Å². The largest absolute Gasteiger partial charge is 0.330 e. The molecule has 0 aromatic rings. The second-order valence-electron chi connectivity index (χ2n) is 4.22. The summed E-state index contributed by atoms with van der Waals surface area (Å²) in [7, 11) is 0. The van der Waals surface area contributed by atoms with Crippen molar-refractivity contribution >= 4 is 0 Å². The molecule has 0 amide bonds. The highest BCUT2D eigenvalue weighted by atomic mass is 14.6. The molecule has 2 aliphatic rings. The minimum atomic E-state index is 0.836. The lowest BCUT2D eigenvalue weighted by molar-refractivity contribution is 0.267. The lowest BCUT2D eigenvalue weighted by Gasteiger charge is -2.25. The van der Waals surface area contributed by atoms with Gasteiger partial charge in [0.25, 0.3) is 0 Å². The Balaban J connectivity index is 1.97. The van der Waals surface area contributed by atoms with Crippen LogP contribution >= 0.6 is 0 Å². The van der Waals surface area contributed by atoms with Gasteiger partial charge >= 0.3 is 0 Å². The highest BCUT2D eigenvalue weighted by Crippen LogP contribution is 2.50. The summed E-state index contributed by atoms with van der Waals surface area (Å²) >= 11 is 0. The maximum Gasteiger partial charge on any atom is -0.00461 e. The minimum Gasteiger partial charge on any atom is -0.330 e. The Kier molecular flexibility index (Phi) is 1.90. The van der Waals surface area contributed by atoms with Gasteiger partial charge in [-0.1, -0.05) is 0 Å². The van der Waals surface area contributed by atoms with Crippen LogP contribution in [0, 0.1) is 23.7 Å². The van der Waals surface area contributed by atoms with Gasteiger partial charge in [0, 0.05) is 0 Å². The van der Waals surface area contributed by atoms with Crippen LogP contribution in [0.1, 0.15) is 19.3 Å². The average molecular weight is 154 g/mol. The van der Waals surface area contributed by atoms with Gasteiger partial charge in [0.15, 0.2) is 0 Å². The van der Waals surface area contributed by atoms with E-state index >= 15 is 0 Å². The molecule has 4 unspecified atom stereocenters. The molecular formula is C9H18N2. The van der Waals surface area contributed by atoms with Crippen molar-refractivity contribution in [1.82, 2.24) is 0 Å². The zero-order valence-electron chi connectivity index (χ0n) is 7.00. The van der Waals surface area contributed by atoms with E-state index in [1.165, 1.54) is 19.3 Å². The molecular weight excluding hydrogens is 136 g/mol. The van der Waals surface area contributed by atoms with E-state index < -0.39 is 0 Å². The van der Waals surface area contributed by atoms with Crippen molar-refractivity contribution in [1.29, 1.82) is 0 Å². The van der Waals surface area contributed by atoms with Crippen LogP contribution in [0.25, 0.3) is 0 Å². The second kappa shape index (κ2) is 2.76. The van der Waals surface area contributed by atoms with Gasteiger partial charge in [0.2, 0.25) is 0 Å². The molecule has 0 radical (unpaired) electrons. The summed E-state index contributed by atoms with van der Waals surface area (Å²) in [6.07, 6.45) is 4.15. The number of rotatable bonds is 2. The van der Waals surface area contributed by atoms with E-state index in [0.717, 1.165) is 36.8 Å². The molecule has 2 rings (SSSR count). The van der Waals surface area contributed by atoms with Crippen LogP contribution in [0.3, 0.4) is 0 Å². The van der Waals surface area contributed by atoms with Gasteiger partial charge in [0.1, 0.15) is 0 Å². The van der Waals surface area contributed by atoms with Crippen LogP contribution in [0.15, 0.2) is 0 Å². The van der Waals surface area contributed by atoms with Crippen molar-refractivity contribution in [2.45, 2.75) is 19.3 Å². The molecule has 2 saturated carbocycles. The molecule has 11 heavy (non-hydrogen) atoms. The van der Waals surface area contributed by atoms with Crippen molar-refractivity contribution < 1.29 is 0 Å². The summed E-state index contributed by atoms with van der Waals surface area (Å²) in [4.78, 5) is 0. The SMILES string of the molecule is NCC1CC2CC1CC2CN. The van der Waals surface area contributed by atoms with Gasteiger partial charge in [0.05, 0.1) is 0 Å². The summed E-state index contributed by atoms with van der Waals surface area (Å²) in [6, 6.07) is 0. The highest BCUT2D eigenvalue weighted by molar-refractivity contribution is 4.95. The Morgan fingerprint density at radius 1 is 0.818 bits per heavy atom. The van der Waals surface area contributed by atoms with Crippen molar-refractivity contribution in [2.75, 3.05) is 13.1 Å². The molecule has 4 atom stereocenters. The third-order valence-electron chi connectivity index (χ3n) is 3.76. The molecule has 0 saturated heterocycles. The van der Waals surface area contributed by atoms with Crippen LogP contribution in [-0.4, -0.2) is 13.1 Å². The number of hydrogen-bond acceptors (Lipinski definition) is 2. The normalized spacial score (nSPS) is 48.5. The summed E-state index contributed by atoms with van der Waals surface area (Å²) < 4.78 is 0. The molecule has 2 heteroatoms. The van der Waals surface area contributed by atoms with Gasteiger partial charge in [-0.25, -0.2) is 0 Å². The van der Waals surface area contributed by atoms with Crippen molar-refractivity contribution in [3.05, 3.63) is 0 Å². The van der Waals surface area contributed by atoms with Crippen LogP contribution in [0.5, 0.6) is 0 Å². The summed E-state index contributed by atoms with van der Waals surface area (Å²) in [5.41, 5.74) is 11.4. The van der Waals surface area contributed by atoms with Crippen LogP contribution in [0.2, 0.25) is 0 Å². The lowest BCUT2D eigenvalue weighted by Crippen LogP contribution is -2.27. The van der Waals surface area contributed by atoms with Crippen molar-refractivity contribution in [3.63, 3.8) is 0 Å². The summed E-state index contributed by atoms with van der Waals surface area (Å²) in [5.74, 6) is 3.53. The summed E-state index contributed by atoms with van der Waals surface area (Å²) in [5, 5.41) is 0. The first-order valence-corrected chi connectivity index (χ1v) is 4.75. The quantitative estimate of drug-likeness (QED) is 0.611. The smallest absolute Gasteiger partial charge is 0.00461 e. The van der Waals surface area contributed by atoms with E-state index in [1.807, 2.05) is 0 Å². The number of hydrogen-bond donors (Lipinski definition) is 2. The topological polar surface area (TPSA) is 52.0 Å². The molecule has 0 aliphatic heterocycles. The predicted molar refractivity (Wildman–Crippen MR) is 45.9 cm³/mol. The van der Waals surface area contributed by atoms with Gasteiger partial charge < -0.3 is 11.5 Å². The Hall–Kier alpha value is -0.0800. The molecule has 0 aromatic carbocycles. The first-order valence-electron chi connectivity index (χ1n) is 4.75. The van der Waals surface area contributed by atoms with E-state index in [1.54, 1.807) is 0 Å². The maximum absolute atomic E-state index is 5.68. The summed E-state index contributed by atoms with van der Waals surface area (Å²) in [6.45, 7) is 1.80. The fourth-order valence-corrected chi connectivity index (χ4v) is 3.09. The molecule has 2 nitrogen and oxygen atoms in total. The van der Waals surface area contributed by atoms with Crippen LogP contribution in [-0.2, 0) is 0 Å². The number of fused-ring (bicyclic) bond motifs is 2. The Morgan fingerprint density at radius 3 is 1.55 bits per heavy atom. The Morgan fingerprint density at radius 2 is 1.27 bits per heavy atom. The van der Waals surface area contributed by atoms with E-state index in [4.69, 9.17) is 11.5 Å². The molecule has 4 N–H and O–H groups in total. The van der Waals surface area contributed by atoms with Gasteiger partial charge in [-0.2, -0.15) is 0 Å². The molecule has 0 heterocycles. The predicted octanol–water partition coefficient (Wildman–Crippen LogP) is 0.566. The lowest BCUT2D eigenvalue weighted by atomic mass is 9.82. The average Bonchev–Trinajstić information content (AvgIpc) is 2.60. The second-order valence-corrected chi connectivity index (χ2v) is 4.22. The monoisotopic (exact) mass is 154 g/mol. The Labute approximate surface area is 68.3 Å². The zero-order chi connectivity index (χ0) is 7.84.